The van der Waals surface area contributed by atoms with E-state index in [1.54, 1.807) is 31.2 Å². The second-order valence-corrected chi connectivity index (χ2v) is 8.62. The number of nitrogens with zero attached hydrogens (tertiary/aromatic N) is 2. The highest BCUT2D eigenvalue weighted by atomic mass is 32.2. The van der Waals surface area contributed by atoms with Crippen molar-refractivity contribution < 1.29 is 21.6 Å². The summed E-state index contributed by atoms with van der Waals surface area (Å²) in [4.78, 5) is 0.794. The topological polar surface area (TPSA) is 78.0 Å². The normalized spacial score (nSPS) is 12.3. The molecule has 0 saturated heterocycles. The quantitative estimate of drug-likeness (QED) is 0.586. The molecule has 3 rings (SSSR count). The van der Waals surface area contributed by atoms with Crippen molar-refractivity contribution in [1.82, 2.24) is 9.78 Å². The molecule has 0 amide bonds. The number of nitrogens with two attached hydrogens (primary N) is 1. The van der Waals surface area contributed by atoms with Crippen molar-refractivity contribution in [2.24, 2.45) is 5.14 Å². The number of thioether (sulfide) groups is 1. The second-order valence-electron chi connectivity index (χ2n) is 6.18. The molecule has 0 radical (unpaired) electrons. The molecule has 2 N–H and O–H groups in total. The Kier molecular flexibility index (Phi) is 5.79. The Hall–Kier alpha value is -2.30. The Balaban J connectivity index is 2.27. The van der Waals surface area contributed by atoms with Gasteiger partial charge in [-0.15, -0.1) is 11.8 Å². The number of aryl methyl sites for hydroxylation is 1. The van der Waals surface area contributed by atoms with E-state index in [1.807, 2.05) is 6.26 Å². The summed E-state index contributed by atoms with van der Waals surface area (Å²) in [5.41, 5.74) is -0.0331. The number of primary sulfonamides is 1. The standard InChI is InChI=1S/C19H18F3N3O2S2/c1-3-25-18(19(20,21)22)16(12-4-8-14(28-2)9-5-12)17(24-25)13-6-10-15(11-7-13)29(23,26)27/h4-11H,3H2,1-2H3,(H2,23,26,27). The molecule has 0 fully saturated rings. The number of aromatic nitrogens is 2. The summed E-state index contributed by atoms with van der Waals surface area (Å²) in [6, 6.07) is 12.1. The summed E-state index contributed by atoms with van der Waals surface area (Å²) in [5.74, 6) is 0. The SMILES string of the molecule is CCn1nc(-c2ccc(S(N)(=O)=O)cc2)c(-c2ccc(SC)cc2)c1C(F)(F)F. The molecule has 5 nitrogen and oxygen atoms in total. The Morgan fingerprint density at radius 2 is 1.59 bits per heavy atom. The van der Waals surface area contributed by atoms with Crippen LogP contribution < -0.4 is 5.14 Å². The van der Waals surface area contributed by atoms with Gasteiger partial charge in [0.05, 0.1) is 4.90 Å². The van der Waals surface area contributed by atoms with Gasteiger partial charge in [-0.3, -0.25) is 4.68 Å². The van der Waals surface area contributed by atoms with Gasteiger partial charge in [-0.1, -0.05) is 24.3 Å². The number of alkyl halides is 3. The zero-order valence-electron chi connectivity index (χ0n) is 15.6. The Labute approximate surface area is 170 Å². The summed E-state index contributed by atoms with van der Waals surface area (Å²) in [6.45, 7) is 1.61. The molecular formula is C19H18F3N3O2S2. The number of rotatable bonds is 5. The molecule has 29 heavy (non-hydrogen) atoms. The Bertz CT molecular complexity index is 1120. The van der Waals surface area contributed by atoms with Crippen molar-refractivity contribution in [3.8, 4) is 22.4 Å². The minimum absolute atomic E-state index is 0.0278. The van der Waals surface area contributed by atoms with Gasteiger partial charge in [-0.25, -0.2) is 13.6 Å². The van der Waals surface area contributed by atoms with Crippen molar-refractivity contribution in [2.45, 2.75) is 29.4 Å². The third kappa shape index (κ3) is 4.34. The maximum Gasteiger partial charge on any atom is 0.433 e. The van der Waals surface area contributed by atoms with Crippen LogP contribution in [0.5, 0.6) is 0 Å². The molecule has 0 bridgehead atoms. The van der Waals surface area contributed by atoms with Gasteiger partial charge in [-0.2, -0.15) is 18.3 Å². The first-order chi connectivity index (χ1) is 13.6. The van der Waals surface area contributed by atoms with Crippen LogP contribution in [0.4, 0.5) is 13.2 Å². The summed E-state index contributed by atoms with van der Waals surface area (Å²) < 4.78 is 65.6. The minimum Gasteiger partial charge on any atom is -0.260 e. The average molecular weight is 442 g/mol. The van der Waals surface area contributed by atoms with Crippen molar-refractivity contribution in [3.63, 3.8) is 0 Å². The highest BCUT2D eigenvalue weighted by Crippen LogP contribution is 2.43. The van der Waals surface area contributed by atoms with Crippen LogP contribution in [-0.4, -0.2) is 24.5 Å². The molecule has 3 aromatic rings. The van der Waals surface area contributed by atoms with Crippen LogP contribution in [-0.2, 0) is 22.7 Å². The lowest BCUT2D eigenvalue weighted by Crippen LogP contribution is -2.14. The largest absolute Gasteiger partial charge is 0.433 e. The van der Waals surface area contributed by atoms with Crippen LogP contribution >= 0.6 is 11.8 Å². The molecule has 0 aliphatic rings. The molecule has 0 saturated carbocycles. The maximum absolute atomic E-state index is 13.9. The molecule has 1 heterocycles. The van der Waals surface area contributed by atoms with Gasteiger partial charge in [0, 0.05) is 22.6 Å². The van der Waals surface area contributed by atoms with Gasteiger partial charge in [0.2, 0.25) is 10.0 Å². The number of sulfonamides is 1. The number of hydrogen-bond donors (Lipinski definition) is 1. The molecule has 154 valence electrons. The molecule has 1 aromatic heterocycles. The highest BCUT2D eigenvalue weighted by molar-refractivity contribution is 7.98. The van der Waals surface area contributed by atoms with Crippen LogP contribution in [0.1, 0.15) is 12.6 Å². The van der Waals surface area contributed by atoms with E-state index >= 15 is 0 Å². The zero-order valence-corrected chi connectivity index (χ0v) is 17.2. The van der Waals surface area contributed by atoms with Gasteiger partial charge in [0.15, 0.2) is 5.69 Å². The number of hydrogen-bond acceptors (Lipinski definition) is 4. The highest BCUT2D eigenvalue weighted by Gasteiger charge is 2.40. The summed E-state index contributed by atoms with van der Waals surface area (Å²) >= 11 is 1.48. The van der Waals surface area contributed by atoms with E-state index < -0.39 is 21.9 Å². The Morgan fingerprint density at radius 1 is 1.03 bits per heavy atom. The summed E-state index contributed by atoms with van der Waals surface area (Å²) in [5, 5.41) is 9.29. The molecular weight excluding hydrogens is 423 g/mol. The lowest BCUT2D eigenvalue weighted by atomic mass is 9.98. The zero-order chi connectivity index (χ0) is 21.4. The van der Waals surface area contributed by atoms with Gasteiger partial charge in [-0.05, 0) is 43.0 Å². The van der Waals surface area contributed by atoms with E-state index in [0.29, 0.717) is 11.1 Å². The first-order valence-corrected chi connectivity index (χ1v) is 11.3. The Morgan fingerprint density at radius 3 is 2.03 bits per heavy atom. The predicted molar refractivity (Wildman–Crippen MR) is 107 cm³/mol. The molecule has 10 heteroatoms. The molecule has 0 spiro atoms. The lowest BCUT2D eigenvalue weighted by molar-refractivity contribution is -0.143. The van der Waals surface area contributed by atoms with Gasteiger partial charge in [0.1, 0.15) is 5.69 Å². The fourth-order valence-electron chi connectivity index (χ4n) is 3.01. The molecule has 0 aliphatic heterocycles. The monoisotopic (exact) mass is 441 g/mol. The maximum atomic E-state index is 13.9. The minimum atomic E-state index is -4.62. The van der Waals surface area contributed by atoms with Crippen LogP contribution in [0.2, 0.25) is 0 Å². The molecule has 0 atom stereocenters. The van der Waals surface area contributed by atoms with E-state index in [9.17, 15) is 21.6 Å². The van der Waals surface area contributed by atoms with Gasteiger partial charge in [0.25, 0.3) is 0 Å². The molecule has 2 aromatic carbocycles. The fraction of sp³-hybridized carbons (Fsp3) is 0.211. The van der Waals surface area contributed by atoms with Crippen molar-refractivity contribution in [1.29, 1.82) is 0 Å². The van der Waals surface area contributed by atoms with E-state index in [-0.39, 0.29) is 22.7 Å². The van der Waals surface area contributed by atoms with E-state index in [2.05, 4.69) is 5.10 Å². The average Bonchev–Trinajstić information content (AvgIpc) is 3.07. The summed E-state index contributed by atoms with van der Waals surface area (Å²) in [6.07, 6.45) is -2.74. The first kappa shape index (κ1) is 21.4. The van der Waals surface area contributed by atoms with E-state index in [4.69, 9.17) is 5.14 Å². The van der Waals surface area contributed by atoms with Crippen LogP contribution in [0.3, 0.4) is 0 Å². The van der Waals surface area contributed by atoms with Crippen LogP contribution in [0, 0.1) is 0 Å². The van der Waals surface area contributed by atoms with E-state index in [1.165, 1.54) is 36.0 Å². The predicted octanol–water partition coefficient (Wildman–Crippen LogP) is 4.63. The summed E-state index contributed by atoms with van der Waals surface area (Å²) in [7, 11) is -3.91. The third-order valence-corrected chi connectivity index (χ3v) is 6.03. The van der Waals surface area contributed by atoms with Crippen molar-refractivity contribution in [2.75, 3.05) is 6.26 Å². The second kappa shape index (κ2) is 7.85. The smallest absolute Gasteiger partial charge is 0.260 e. The first-order valence-electron chi connectivity index (χ1n) is 8.52. The molecule has 0 aliphatic carbocycles. The fourth-order valence-corrected chi connectivity index (χ4v) is 3.94. The van der Waals surface area contributed by atoms with Crippen molar-refractivity contribution in [3.05, 3.63) is 54.2 Å². The third-order valence-electron chi connectivity index (χ3n) is 4.36. The van der Waals surface area contributed by atoms with Crippen LogP contribution in [0.15, 0.2) is 58.3 Å². The number of benzene rings is 2. The van der Waals surface area contributed by atoms with Crippen molar-refractivity contribution >= 4 is 21.8 Å². The van der Waals surface area contributed by atoms with E-state index in [0.717, 1.165) is 9.58 Å². The molecule has 0 unspecified atom stereocenters. The lowest BCUT2D eigenvalue weighted by Gasteiger charge is -2.12. The van der Waals surface area contributed by atoms with Crippen LogP contribution in [0.25, 0.3) is 22.4 Å². The van der Waals surface area contributed by atoms with Gasteiger partial charge >= 0.3 is 6.18 Å². The number of halogens is 3. The van der Waals surface area contributed by atoms with Gasteiger partial charge < -0.3 is 0 Å².